The summed E-state index contributed by atoms with van der Waals surface area (Å²) in [6.45, 7) is 3.93. The molecule has 1 saturated heterocycles. The van der Waals surface area contributed by atoms with Crippen LogP contribution in [0.3, 0.4) is 0 Å². The van der Waals surface area contributed by atoms with Crippen molar-refractivity contribution in [3.05, 3.63) is 65.3 Å². The van der Waals surface area contributed by atoms with Gasteiger partial charge >= 0.3 is 0 Å². The molecule has 1 amide bonds. The minimum atomic E-state index is -0.444. The number of rotatable bonds is 9. The van der Waals surface area contributed by atoms with Crippen molar-refractivity contribution >= 4 is 40.5 Å². The summed E-state index contributed by atoms with van der Waals surface area (Å²) in [4.78, 5) is 26.1. The van der Waals surface area contributed by atoms with Crippen molar-refractivity contribution in [3.8, 4) is 23.4 Å². The van der Waals surface area contributed by atoms with Crippen LogP contribution in [0.15, 0.2) is 60.3 Å². The van der Waals surface area contributed by atoms with Gasteiger partial charge in [-0.1, -0.05) is 36.6 Å². The molecule has 1 aliphatic carbocycles. The van der Waals surface area contributed by atoms with Crippen molar-refractivity contribution in [2.24, 2.45) is 5.92 Å². The van der Waals surface area contributed by atoms with E-state index >= 15 is 0 Å². The van der Waals surface area contributed by atoms with E-state index in [4.69, 9.17) is 21.1 Å². The second-order valence-electron chi connectivity index (χ2n) is 10.5. The van der Waals surface area contributed by atoms with E-state index < -0.39 is 5.91 Å². The molecule has 218 valence electrons. The van der Waals surface area contributed by atoms with Gasteiger partial charge in [0.1, 0.15) is 28.2 Å². The number of carbonyl (C=O) groups is 1. The Morgan fingerprint density at radius 2 is 1.93 bits per heavy atom. The number of piperazine rings is 1. The monoisotopic (exact) mass is 587 g/mol. The molecular formula is C31H34ClN7O3. The van der Waals surface area contributed by atoms with E-state index in [0.717, 1.165) is 57.5 Å². The molecule has 3 aromatic rings. The molecule has 0 atom stereocenters. The first kappa shape index (κ1) is 29.2. The van der Waals surface area contributed by atoms with Crippen LogP contribution in [0.25, 0.3) is 0 Å². The maximum atomic E-state index is 12.7. The van der Waals surface area contributed by atoms with Crippen molar-refractivity contribution in [1.82, 2.24) is 14.9 Å². The van der Waals surface area contributed by atoms with Gasteiger partial charge in [-0.3, -0.25) is 4.79 Å². The average molecular weight is 588 g/mol. The van der Waals surface area contributed by atoms with Gasteiger partial charge in [-0.2, -0.15) is 10.2 Å². The summed E-state index contributed by atoms with van der Waals surface area (Å²) < 4.78 is 11.6. The van der Waals surface area contributed by atoms with Crippen molar-refractivity contribution < 1.29 is 14.3 Å². The van der Waals surface area contributed by atoms with Crippen LogP contribution in [0.5, 0.6) is 17.4 Å². The summed E-state index contributed by atoms with van der Waals surface area (Å²) in [6, 6.07) is 14.8. The lowest BCUT2D eigenvalue weighted by molar-refractivity contribution is -0.112. The standard InChI is InChI=1S/C31H34ClN7O3/c1-38-12-14-39(15-13-38)24-10-11-27(28(18-24)41-2)36-31-34-20-26(32)30(37-31)42-25-9-5-8-23(17-25)35-29(40)22(19-33)16-21-6-3-4-7-21/h5,8-11,16-18,20-21H,3-4,6-7,12-15H2,1-2H3,(H,35,40)(H,34,36,37)/b22-16+. The molecule has 0 unspecified atom stereocenters. The quantitative estimate of drug-likeness (QED) is 0.229. The van der Waals surface area contributed by atoms with E-state index in [2.05, 4.69) is 37.4 Å². The molecule has 0 spiro atoms. The number of nitriles is 1. The highest BCUT2D eigenvalue weighted by molar-refractivity contribution is 6.31. The number of halogens is 1. The fourth-order valence-corrected chi connectivity index (χ4v) is 5.25. The van der Waals surface area contributed by atoms with Crippen molar-refractivity contribution in [1.29, 1.82) is 5.26 Å². The number of likely N-dealkylation sites (N-methyl/N-ethyl adjacent to an activating group) is 1. The lowest BCUT2D eigenvalue weighted by Gasteiger charge is -2.34. The second-order valence-corrected chi connectivity index (χ2v) is 10.9. The van der Waals surface area contributed by atoms with Crippen LogP contribution in [0.4, 0.5) is 23.0 Å². The van der Waals surface area contributed by atoms with Gasteiger partial charge in [0, 0.05) is 49.7 Å². The number of allylic oxidation sites excluding steroid dienone is 1. The maximum Gasteiger partial charge on any atom is 0.265 e. The predicted octanol–water partition coefficient (Wildman–Crippen LogP) is 6.00. The highest BCUT2D eigenvalue weighted by Gasteiger charge is 2.19. The fraction of sp³-hybridized carbons (Fsp3) is 0.355. The number of ether oxygens (including phenoxy) is 2. The van der Waals surface area contributed by atoms with Crippen LogP contribution in [0.2, 0.25) is 5.02 Å². The Bertz CT molecular complexity index is 1490. The first-order valence-corrected chi connectivity index (χ1v) is 14.4. The molecule has 0 bridgehead atoms. The molecule has 11 heteroatoms. The molecule has 2 N–H and O–H groups in total. The molecule has 2 heterocycles. The normalized spacial score (nSPS) is 16.1. The van der Waals surface area contributed by atoms with Crippen LogP contribution in [-0.2, 0) is 4.79 Å². The molecule has 2 aromatic carbocycles. The molecule has 5 rings (SSSR count). The number of nitrogens with one attached hydrogen (secondary N) is 2. The maximum absolute atomic E-state index is 12.7. The Morgan fingerprint density at radius 3 is 2.67 bits per heavy atom. The Morgan fingerprint density at radius 1 is 1.14 bits per heavy atom. The van der Waals surface area contributed by atoms with Gasteiger partial charge in [0.25, 0.3) is 5.91 Å². The van der Waals surface area contributed by atoms with Gasteiger partial charge in [-0.05, 0) is 50.1 Å². The van der Waals surface area contributed by atoms with E-state index in [1.165, 1.54) is 6.20 Å². The summed E-state index contributed by atoms with van der Waals surface area (Å²) >= 11 is 6.37. The molecule has 1 aromatic heterocycles. The zero-order valence-electron chi connectivity index (χ0n) is 23.8. The lowest BCUT2D eigenvalue weighted by Crippen LogP contribution is -2.44. The number of nitrogens with zero attached hydrogens (tertiary/aromatic N) is 5. The van der Waals surface area contributed by atoms with Crippen LogP contribution in [0, 0.1) is 17.2 Å². The predicted molar refractivity (Wildman–Crippen MR) is 164 cm³/mol. The number of benzene rings is 2. The van der Waals surface area contributed by atoms with Gasteiger partial charge in [0.05, 0.1) is 19.0 Å². The zero-order valence-corrected chi connectivity index (χ0v) is 24.5. The third-order valence-electron chi connectivity index (χ3n) is 7.49. The van der Waals surface area contributed by atoms with Gasteiger partial charge in [0.15, 0.2) is 0 Å². The number of anilines is 4. The summed E-state index contributed by atoms with van der Waals surface area (Å²) in [5, 5.41) is 15.7. The number of aromatic nitrogens is 2. The topological polar surface area (TPSA) is 116 Å². The molecule has 2 fully saturated rings. The molecule has 10 nitrogen and oxygen atoms in total. The molecule has 42 heavy (non-hydrogen) atoms. The smallest absolute Gasteiger partial charge is 0.265 e. The Kier molecular flexibility index (Phi) is 9.41. The highest BCUT2D eigenvalue weighted by Crippen LogP contribution is 2.34. The fourth-order valence-electron chi connectivity index (χ4n) is 5.12. The Labute approximate surface area is 250 Å². The zero-order chi connectivity index (χ0) is 29.5. The number of methoxy groups -OCH3 is 1. The summed E-state index contributed by atoms with van der Waals surface area (Å²) in [5.74, 6) is 1.32. The Balaban J connectivity index is 1.27. The third-order valence-corrected chi connectivity index (χ3v) is 7.74. The number of carbonyl (C=O) groups excluding carboxylic acids is 1. The first-order chi connectivity index (χ1) is 20.4. The van der Waals surface area contributed by atoms with E-state index in [1.807, 2.05) is 24.3 Å². The van der Waals surface area contributed by atoms with Crippen LogP contribution in [-0.4, -0.2) is 61.1 Å². The lowest BCUT2D eigenvalue weighted by atomic mass is 10.0. The van der Waals surface area contributed by atoms with Crippen LogP contribution < -0.4 is 25.0 Å². The van der Waals surface area contributed by atoms with Crippen molar-refractivity contribution in [3.63, 3.8) is 0 Å². The minimum Gasteiger partial charge on any atom is -0.494 e. The number of hydrogen-bond donors (Lipinski definition) is 2. The summed E-state index contributed by atoms with van der Waals surface area (Å²) in [6.07, 6.45) is 7.50. The molecule has 1 aliphatic heterocycles. The van der Waals surface area contributed by atoms with Crippen molar-refractivity contribution in [2.75, 3.05) is 55.9 Å². The molecule has 1 saturated carbocycles. The molecular weight excluding hydrogens is 554 g/mol. The van der Waals surface area contributed by atoms with Gasteiger partial charge in [-0.15, -0.1) is 0 Å². The van der Waals surface area contributed by atoms with Crippen LogP contribution in [0.1, 0.15) is 25.7 Å². The van der Waals surface area contributed by atoms with Gasteiger partial charge < -0.3 is 29.9 Å². The van der Waals surface area contributed by atoms with Gasteiger partial charge in [-0.25, -0.2) is 4.98 Å². The summed E-state index contributed by atoms with van der Waals surface area (Å²) in [5.41, 5.74) is 2.40. The third kappa shape index (κ3) is 7.29. The highest BCUT2D eigenvalue weighted by atomic mass is 35.5. The largest absolute Gasteiger partial charge is 0.494 e. The molecule has 0 radical (unpaired) electrons. The first-order valence-electron chi connectivity index (χ1n) is 14.0. The SMILES string of the molecule is COc1cc(N2CCN(C)CC2)ccc1Nc1ncc(Cl)c(Oc2cccc(NC(=O)/C(C#N)=C/C3CCCC3)c2)n1. The Hall–Kier alpha value is -4.33. The van der Waals surface area contributed by atoms with E-state index in [0.29, 0.717) is 22.9 Å². The van der Waals surface area contributed by atoms with Gasteiger partial charge in [0.2, 0.25) is 11.8 Å². The second kappa shape index (κ2) is 13.6. The average Bonchev–Trinajstić information content (AvgIpc) is 3.52. The van der Waals surface area contributed by atoms with Crippen molar-refractivity contribution in [2.45, 2.75) is 25.7 Å². The number of hydrogen-bond acceptors (Lipinski definition) is 9. The van der Waals surface area contributed by atoms with Crippen LogP contribution >= 0.6 is 11.6 Å². The van der Waals surface area contributed by atoms with E-state index in [-0.39, 0.29) is 28.3 Å². The van der Waals surface area contributed by atoms with E-state index in [9.17, 15) is 10.1 Å². The number of amides is 1. The van der Waals surface area contributed by atoms with E-state index in [1.54, 1.807) is 37.5 Å². The summed E-state index contributed by atoms with van der Waals surface area (Å²) in [7, 11) is 3.76. The molecule has 2 aliphatic rings. The minimum absolute atomic E-state index is 0.120.